The molecule has 144 valence electrons. The van der Waals surface area contributed by atoms with Crippen molar-refractivity contribution in [3.05, 3.63) is 97.9 Å². The van der Waals surface area contributed by atoms with E-state index in [2.05, 4.69) is 50.9 Å². The van der Waals surface area contributed by atoms with E-state index >= 15 is 0 Å². The van der Waals surface area contributed by atoms with Gasteiger partial charge >= 0.3 is 5.97 Å². The second kappa shape index (κ2) is 8.93. The molecule has 0 fully saturated rings. The lowest BCUT2D eigenvalue weighted by Crippen LogP contribution is -2.08. The van der Waals surface area contributed by atoms with Gasteiger partial charge in [0.1, 0.15) is 11.3 Å². The number of halogens is 2. The van der Waals surface area contributed by atoms with Crippen molar-refractivity contribution in [1.82, 2.24) is 0 Å². The number of hydrogen-bond donors (Lipinski definition) is 2. The van der Waals surface area contributed by atoms with Crippen LogP contribution in [0.25, 0.3) is 0 Å². The Morgan fingerprint density at radius 3 is 1.96 bits per heavy atom. The van der Waals surface area contributed by atoms with Crippen LogP contribution in [-0.4, -0.2) is 16.2 Å². The number of benzene rings is 3. The zero-order valence-electron chi connectivity index (χ0n) is 15.3. The number of aromatic hydroxyl groups is 1. The van der Waals surface area contributed by atoms with Gasteiger partial charge in [-0.15, -0.1) is 0 Å². The minimum Gasteiger partial charge on any atom is -0.507 e. The number of phenols is 1. The van der Waals surface area contributed by atoms with Crippen LogP contribution in [0, 0.1) is 0 Å². The van der Waals surface area contributed by atoms with Gasteiger partial charge in [0.25, 0.3) is 0 Å². The van der Waals surface area contributed by atoms with E-state index in [0.29, 0.717) is 5.56 Å². The van der Waals surface area contributed by atoms with Crippen molar-refractivity contribution in [2.75, 3.05) is 0 Å². The van der Waals surface area contributed by atoms with Crippen LogP contribution >= 0.6 is 31.9 Å². The lowest BCUT2D eigenvalue weighted by atomic mass is 9.81. The topological polar surface area (TPSA) is 57.5 Å². The summed E-state index contributed by atoms with van der Waals surface area (Å²) in [5.74, 6) is -1.21. The Labute approximate surface area is 181 Å². The third-order valence-corrected chi connectivity index (χ3v) is 6.03. The number of carbonyl (C=O) groups is 1. The fourth-order valence-electron chi connectivity index (χ4n) is 3.43. The Hall–Kier alpha value is -2.11. The highest BCUT2D eigenvalue weighted by atomic mass is 79.9. The van der Waals surface area contributed by atoms with E-state index < -0.39 is 5.97 Å². The predicted molar refractivity (Wildman–Crippen MR) is 118 cm³/mol. The molecule has 0 aliphatic carbocycles. The van der Waals surface area contributed by atoms with Gasteiger partial charge in [-0.1, -0.05) is 75.2 Å². The molecule has 3 rings (SSSR count). The summed E-state index contributed by atoms with van der Waals surface area (Å²) in [5, 5.41) is 20.1. The number of carboxylic acids is 1. The normalized spacial score (nSPS) is 13.1. The molecule has 5 heteroatoms. The Kier molecular flexibility index (Phi) is 6.57. The van der Waals surface area contributed by atoms with Crippen LogP contribution in [0.15, 0.2) is 75.7 Å². The lowest BCUT2D eigenvalue weighted by Gasteiger charge is -2.24. The number of para-hydroxylation sites is 1. The molecule has 0 saturated carbocycles. The second-order valence-corrected chi connectivity index (χ2v) is 8.67. The van der Waals surface area contributed by atoms with E-state index in [9.17, 15) is 15.0 Å². The van der Waals surface area contributed by atoms with Crippen molar-refractivity contribution in [3.8, 4) is 5.75 Å². The van der Waals surface area contributed by atoms with E-state index in [1.807, 2.05) is 42.5 Å². The average Bonchev–Trinajstić information content (AvgIpc) is 2.67. The first-order valence-electron chi connectivity index (χ1n) is 8.93. The molecule has 3 aromatic carbocycles. The first kappa shape index (κ1) is 20.6. The maximum Gasteiger partial charge on any atom is 0.339 e. The van der Waals surface area contributed by atoms with Gasteiger partial charge < -0.3 is 10.2 Å². The number of aromatic carboxylic acids is 1. The highest BCUT2D eigenvalue weighted by Gasteiger charge is 2.24. The number of hydrogen-bond acceptors (Lipinski definition) is 2. The largest absolute Gasteiger partial charge is 0.507 e. The number of carboxylic acid groups (broad SMARTS) is 1. The van der Waals surface area contributed by atoms with Crippen molar-refractivity contribution in [2.24, 2.45) is 0 Å². The molecule has 2 unspecified atom stereocenters. The van der Waals surface area contributed by atoms with Crippen LogP contribution in [0.4, 0.5) is 0 Å². The van der Waals surface area contributed by atoms with Crippen LogP contribution in [0.2, 0.25) is 0 Å². The maximum atomic E-state index is 11.5. The standard InChI is InChI=1S/C23H20Br2O3/c1-14(15-5-9-17(24)10-6-15)13-21(16-7-11-18(25)12-8-16)19-3-2-4-20(22(19)26)23(27)28/h2-12,14,21,26H,13H2,1H3,(H,27,28). The third-order valence-electron chi connectivity index (χ3n) is 4.97. The molecule has 0 aliphatic rings. The molecule has 0 spiro atoms. The molecule has 0 bridgehead atoms. The maximum absolute atomic E-state index is 11.5. The first-order valence-corrected chi connectivity index (χ1v) is 10.5. The van der Waals surface area contributed by atoms with Crippen molar-refractivity contribution < 1.29 is 15.0 Å². The molecule has 0 radical (unpaired) electrons. The quantitative estimate of drug-likeness (QED) is 0.383. The van der Waals surface area contributed by atoms with E-state index in [0.717, 1.165) is 20.9 Å². The number of rotatable bonds is 6. The molecule has 0 aliphatic heterocycles. The summed E-state index contributed by atoms with van der Waals surface area (Å²) in [6.07, 6.45) is 0.736. The van der Waals surface area contributed by atoms with Crippen molar-refractivity contribution in [3.63, 3.8) is 0 Å². The summed E-state index contributed by atoms with van der Waals surface area (Å²) in [5.41, 5.74) is 2.78. The van der Waals surface area contributed by atoms with Crippen molar-refractivity contribution >= 4 is 37.8 Å². The lowest BCUT2D eigenvalue weighted by molar-refractivity contribution is 0.0693. The molecule has 3 nitrogen and oxygen atoms in total. The highest BCUT2D eigenvalue weighted by molar-refractivity contribution is 9.10. The molecular weight excluding hydrogens is 484 g/mol. The van der Waals surface area contributed by atoms with E-state index in [1.54, 1.807) is 6.07 Å². The van der Waals surface area contributed by atoms with Crippen LogP contribution < -0.4 is 0 Å². The summed E-state index contributed by atoms with van der Waals surface area (Å²) < 4.78 is 2.00. The van der Waals surface area contributed by atoms with Crippen LogP contribution in [0.3, 0.4) is 0 Å². The Morgan fingerprint density at radius 2 is 1.43 bits per heavy atom. The predicted octanol–water partition coefficient (Wildman–Crippen LogP) is 6.94. The Balaban J connectivity index is 2.03. The zero-order valence-corrected chi connectivity index (χ0v) is 18.4. The summed E-state index contributed by atoms with van der Waals surface area (Å²) in [7, 11) is 0. The molecule has 0 heterocycles. The summed E-state index contributed by atoms with van der Waals surface area (Å²) in [4.78, 5) is 11.5. The molecule has 28 heavy (non-hydrogen) atoms. The van der Waals surface area contributed by atoms with Gasteiger partial charge in [-0.3, -0.25) is 0 Å². The van der Waals surface area contributed by atoms with E-state index in [-0.39, 0.29) is 23.1 Å². The smallest absolute Gasteiger partial charge is 0.339 e. The van der Waals surface area contributed by atoms with Gasteiger partial charge in [-0.25, -0.2) is 4.79 Å². The fraction of sp³-hybridized carbons (Fsp3) is 0.174. The molecule has 2 N–H and O–H groups in total. The summed E-state index contributed by atoms with van der Waals surface area (Å²) in [6, 6.07) is 21.1. The zero-order chi connectivity index (χ0) is 20.3. The van der Waals surface area contributed by atoms with Crippen molar-refractivity contribution in [2.45, 2.75) is 25.2 Å². The van der Waals surface area contributed by atoms with Crippen LogP contribution in [-0.2, 0) is 0 Å². The molecule has 2 atom stereocenters. The van der Waals surface area contributed by atoms with Gasteiger partial charge in [0, 0.05) is 20.4 Å². The second-order valence-electron chi connectivity index (χ2n) is 6.84. The SMILES string of the molecule is CC(CC(c1ccc(Br)cc1)c1cccc(C(=O)O)c1O)c1ccc(Br)cc1. The molecule has 0 amide bonds. The van der Waals surface area contributed by atoms with Gasteiger partial charge in [0.15, 0.2) is 0 Å². The fourth-order valence-corrected chi connectivity index (χ4v) is 3.96. The molecule has 0 aromatic heterocycles. The minimum atomic E-state index is -1.13. The van der Waals surface area contributed by atoms with Gasteiger partial charge in [0.05, 0.1) is 0 Å². The monoisotopic (exact) mass is 502 g/mol. The van der Waals surface area contributed by atoms with Crippen molar-refractivity contribution in [1.29, 1.82) is 0 Å². The Bertz CT molecular complexity index is 966. The molecular formula is C23H20Br2O3. The highest BCUT2D eigenvalue weighted by Crippen LogP contribution is 2.40. The summed E-state index contributed by atoms with van der Waals surface area (Å²) in [6.45, 7) is 2.15. The van der Waals surface area contributed by atoms with Crippen LogP contribution in [0.1, 0.15) is 52.2 Å². The first-order chi connectivity index (χ1) is 13.4. The third kappa shape index (κ3) is 4.65. The van der Waals surface area contributed by atoms with E-state index in [4.69, 9.17) is 0 Å². The van der Waals surface area contributed by atoms with Gasteiger partial charge in [0.2, 0.25) is 0 Å². The van der Waals surface area contributed by atoms with Crippen LogP contribution in [0.5, 0.6) is 5.75 Å². The van der Waals surface area contributed by atoms with Gasteiger partial charge in [-0.05, 0) is 53.8 Å². The molecule has 3 aromatic rings. The average molecular weight is 504 g/mol. The molecule has 0 saturated heterocycles. The minimum absolute atomic E-state index is 0.0732. The van der Waals surface area contributed by atoms with Gasteiger partial charge in [-0.2, -0.15) is 0 Å². The Morgan fingerprint density at radius 1 is 0.893 bits per heavy atom. The summed E-state index contributed by atoms with van der Waals surface area (Å²) >= 11 is 6.92. The van der Waals surface area contributed by atoms with E-state index in [1.165, 1.54) is 11.6 Å².